The van der Waals surface area contributed by atoms with Crippen molar-refractivity contribution in [2.75, 3.05) is 30.4 Å². The van der Waals surface area contributed by atoms with E-state index in [1.54, 1.807) is 18.2 Å². The number of hydrogen-bond donors (Lipinski definition) is 1. The van der Waals surface area contributed by atoms with Crippen molar-refractivity contribution in [3.8, 4) is 11.3 Å². The molecule has 0 unspecified atom stereocenters. The Kier molecular flexibility index (Phi) is 5.29. The van der Waals surface area contributed by atoms with Gasteiger partial charge < -0.3 is 19.5 Å². The Hall–Kier alpha value is -3.61. The third-order valence-corrected chi connectivity index (χ3v) is 4.91. The van der Waals surface area contributed by atoms with Crippen LogP contribution < -0.4 is 10.2 Å². The molecule has 7 heteroatoms. The molecule has 0 radical (unpaired) electrons. The number of nitrogens with zero attached hydrogens (tertiary/aromatic N) is 2. The summed E-state index contributed by atoms with van der Waals surface area (Å²) in [4.78, 5) is 26.9. The first-order valence-electron chi connectivity index (χ1n) is 9.46. The Morgan fingerprint density at radius 2 is 1.83 bits per heavy atom. The summed E-state index contributed by atoms with van der Waals surface area (Å²) in [7, 11) is 1.33. The third kappa shape index (κ3) is 3.99. The number of carbonyl (C=O) groups excluding carboxylic acids is 2. The van der Waals surface area contributed by atoms with E-state index in [2.05, 4.69) is 15.4 Å². The van der Waals surface area contributed by atoms with Crippen LogP contribution in [-0.2, 0) is 4.74 Å². The summed E-state index contributed by atoms with van der Waals surface area (Å²) in [5.41, 5.74) is 2.79. The molecule has 1 fully saturated rings. The average Bonchev–Trinajstić information content (AvgIpc) is 3.46. The summed E-state index contributed by atoms with van der Waals surface area (Å²) in [6, 6.07) is 16.2. The summed E-state index contributed by atoms with van der Waals surface area (Å²) in [5, 5.41) is 6.77. The van der Waals surface area contributed by atoms with Crippen LogP contribution in [0.4, 0.5) is 11.4 Å². The number of methoxy groups -OCH3 is 1. The first kappa shape index (κ1) is 18.7. The Morgan fingerprint density at radius 3 is 2.55 bits per heavy atom. The minimum Gasteiger partial charge on any atom is -0.465 e. The Balaban J connectivity index is 1.61. The Bertz CT molecular complexity index is 1020. The highest BCUT2D eigenvalue weighted by Crippen LogP contribution is 2.31. The first-order valence-corrected chi connectivity index (χ1v) is 9.46. The molecule has 2 heterocycles. The van der Waals surface area contributed by atoms with Crippen LogP contribution in [0.15, 0.2) is 59.1 Å². The van der Waals surface area contributed by atoms with E-state index in [-0.39, 0.29) is 5.69 Å². The number of esters is 1. The van der Waals surface area contributed by atoms with Crippen molar-refractivity contribution < 1.29 is 18.8 Å². The molecule has 1 aromatic heterocycles. The van der Waals surface area contributed by atoms with Crippen LogP contribution in [0.3, 0.4) is 0 Å². The summed E-state index contributed by atoms with van der Waals surface area (Å²) >= 11 is 0. The van der Waals surface area contributed by atoms with E-state index >= 15 is 0 Å². The molecule has 1 saturated heterocycles. The number of amides is 1. The van der Waals surface area contributed by atoms with Crippen molar-refractivity contribution in [1.82, 2.24) is 5.16 Å². The minimum atomic E-state index is -0.457. The van der Waals surface area contributed by atoms with Gasteiger partial charge in [-0.3, -0.25) is 4.79 Å². The van der Waals surface area contributed by atoms with Gasteiger partial charge in [-0.25, -0.2) is 4.79 Å². The fourth-order valence-corrected chi connectivity index (χ4v) is 3.42. The maximum atomic E-state index is 12.8. The van der Waals surface area contributed by atoms with Crippen LogP contribution in [-0.4, -0.2) is 37.2 Å². The van der Waals surface area contributed by atoms with Crippen molar-refractivity contribution in [3.63, 3.8) is 0 Å². The molecule has 0 bridgehead atoms. The van der Waals surface area contributed by atoms with E-state index in [1.807, 2.05) is 36.4 Å². The highest BCUT2D eigenvalue weighted by molar-refractivity contribution is 6.06. The van der Waals surface area contributed by atoms with Gasteiger partial charge in [-0.1, -0.05) is 35.5 Å². The van der Waals surface area contributed by atoms with Crippen molar-refractivity contribution >= 4 is 23.3 Å². The van der Waals surface area contributed by atoms with Crippen LogP contribution in [0.25, 0.3) is 11.3 Å². The Labute approximate surface area is 168 Å². The molecule has 0 atom stereocenters. The standard InChI is InChI=1S/C22H21N3O4/c1-28-22(27)16-9-10-19(25-11-5-6-12-25)17(13-16)23-21(26)18-14-20(29-24-18)15-7-3-2-4-8-15/h2-4,7-10,13-14H,5-6,11-12H2,1H3,(H,23,26). The smallest absolute Gasteiger partial charge is 0.337 e. The van der Waals surface area contributed by atoms with Crippen molar-refractivity contribution in [1.29, 1.82) is 0 Å². The quantitative estimate of drug-likeness (QED) is 0.662. The van der Waals surface area contributed by atoms with Gasteiger partial charge in [-0.2, -0.15) is 0 Å². The van der Waals surface area contributed by atoms with Gasteiger partial charge in [0.05, 0.1) is 24.0 Å². The molecule has 1 aliphatic heterocycles. The molecule has 1 amide bonds. The lowest BCUT2D eigenvalue weighted by Crippen LogP contribution is -2.21. The number of anilines is 2. The average molecular weight is 391 g/mol. The van der Waals surface area contributed by atoms with Crippen LogP contribution in [0.1, 0.15) is 33.7 Å². The van der Waals surface area contributed by atoms with Gasteiger partial charge in [-0.15, -0.1) is 0 Å². The van der Waals surface area contributed by atoms with Crippen molar-refractivity contribution in [2.24, 2.45) is 0 Å². The van der Waals surface area contributed by atoms with Crippen molar-refractivity contribution in [3.05, 3.63) is 65.9 Å². The molecule has 0 saturated carbocycles. The number of benzene rings is 2. The largest absolute Gasteiger partial charge is 0.465 e. The van der Waals surface area contributed by atoms with E-state index in [9.17, 15) is 9.59 Å². The second kappa shape index (κ2) is 8.18. The number of ether oxygens (including phenoxy) is 1. The highest BCUT2D eigenvalue weighted by atomic mass is 16.5. The number of hydrogen-bond acceptors (Lipinski definition) is 6. The van der Waals surface area contributed by atoms with E-state index < -0.39 is 11.9 Å². The lowest BCUT2D eigenvalue weighted by Gasteiger charge is -2.22. The van der Waals surface area contributed by atoms with Gasteiger partial charge in [0.25, 0.3) is 5.91 Å². The Morgan fingerprint density at radius 1 is 1.07 bits per heavy atom. The van der Waals surface area contributed by atoms with Crippen LogP contribution in [0.5, 0.6) is 0 Å². The molecule has 0 aliphatic carbocycles. The van der Waals surface area contributed by atoms with Gasteiger partial charge in [0.15, 0.2) is 11.5 Å². The van der Waals surface area contributed by atoms with Crippen LogP contribution in [0.2, 0.25) is 0 Å². The fourth-order valence-electron chi connectivity index (χ4n) is 3.42. The van der Waals surface area contributed by atoms with Crippen LogP contribution >= 0.6 is 0 Å². The zero-order chi connectivity index (χ0) is 20.2. The predicted molar refractivity (Wildman–Crippen MR) is 109 cm³/mol. The van der Waals surface area contributed by atoms with Gasteiger partial charge in [-0.05, 0) is 31.0 Å². The number of rotatable bonds is 5. The summed E-state index contributed by atoms with van der Waals surface area (Å²) < 4.78 is 10.1. The molecule has 3 aromatic rings. The summed E-state index contributed by atoms with van der Waals surface area (Å²) in [5.74, 6) is -0.349. The second-order valence-electron chi connectivity index (χ2n) is 6.81. The minimum absolute atomic E-state index is 0.166. The number of aromatic nitrogens is 1. The van der Waals surface area contributed by atoms with Gasteiger partial charge in [0, 0.05) is 24.7 Å². The molecular formula is C22H21N3O4. The molecule has 1 aliphatic rings. The lowest BCUT2D eigenvalue weighted by molar-refractivity contribution is 0.0600. The maximum absolute atomic E-state index is 12.8. The maximum Gasteiger partial charge on any atom is 0.337 e. The van der Waals surface area contributed by atoms with E-state index in [0.717, 1.165) is 37.2 Å². The van der Waals surface area contributed by atoms with Crippen LogP contribution in [0, 0.1) is 0 Å². The van der Waals surface area contributed by atoms with Gasteiger partial charge in [0.2, 0.25) is 0 Å². The zero-order valence-electron chi connectivity index (χ0n) is 16.1. The molecule has 148 valence electrons. The molecule has 0 spiro atoms. The molecule has 2 aromatic carbocycles. The molecule has 7 nitrogen and oxygen atoms in total. The number of carbonyl (C=O) groups is 2. The highest BCUT2D eigenvalue weighted by Gasteiger charge is 2.21. The predicted octanol–water partition coefficient (Wildman–Crippen LogP) is 3.98. The SMILES string of the molecule is COC(=O)c1ccc(N2CCCC2)c(NC(=O)c2cc(-c3ccccc3)on2)c1. The summed E-state index contributed by atoms with van der Waals surface area (Å²) in [6.45, 7) is 1.81. The second-order valence-corrected chi connectivity index (χ2v) is 6.81. The number of nitrogens with one attached hydrogen (secondary N) is 1. The molecule has 29 heavy (non-hydrogen) atoms. The monoisotopic (exact) mass is 391 g/mol. The third-order valence-electron chi connectivity index (χ3n) is 4.91. The van der Waals surface area contributed by atoms with Crippen molar-refractivity contribution in [2.45, 2.75) is 12.8 Å². The lowest BCUT2D eigenvalue weighted by atomic mass is 10.1. The fraction of sp³-hybridized carbons (Fsp3) is 0.227. The van der Waals surface area contributed by atoms with Gasteiger partial charge >= 0.3 is 5.97 Å². The topological polar surface area (TPSA) is 84.7 Å². The zero-order valence-corrected chi connectivity index (χ0v) is 16.1. The summed E-state index contributed by atoms with van der Waals surface area (Å²) in [6.07, 6.45) is 2.19. The van der Waals surface area contributed by atoms with E-state index in [1.165, 1.54) is 7.11 Å². The van der Waals surface area contributed by atoms with E-state index in [0.29, 0.717) is 17.0 Å². The molecular weight excluding hydrogens is 370 g/mol. The van der Waals surface area contributed by atoms with Gasteiger partial charge in [0.1, 0.15) is 0 Å². The molecule has 4 rings (SSSR count). The first-order chi connectivity index (χ1) is 14.2. The molecule has 1 N–H and O–H groups in total. The normalized spacial score (nSPS) is 13.3. The van der Waals surface area contributed by atoms with E-state index in [4.69, 9.17) is 9.26 Å².